The molecule has 2 amide bonds. The van der Waals surface area contributed by atoms with Crippen molar-refractivity contribution in [3.8, 4) is 0 Å². The molecular weight excluding hydrogens is 534 g/mol. The smallest absolute Gasteiger partial charge is 0.243 e. The van der Waals surface area contributed by atoms with Gasteiger partial charge in [0, 0.05) is 32.5 Å². The van der Waals surface area contributed by atoms with Crippen molar-refractivity contribution in [3.05, 3.63) is 101 Å². The summed E-state index contributed by atoms with van der Waals surface area (Å²) in [5, 5.41) is 3.03. The molecule has 0 heterocycles. The van der Waals surface area contributed by atoms with Gasteiger partial charge >= 0.3 is 0 Å². The van der Waals surface area contributed by atoms with Gasteiger partial charge in [-0.1, -0.05) is 86.1 Å². The summed E-state index contributed by atoms with van der Waals surface area (Å²) in [6.45, 7) is 6.92. The number of nitrogens with one attached hydrogen (secondary N) is 1. The monoisotopic (exact) mass is 577 g/mol. The summed E-state index contributed by atoms with van der Waals surface area (Å²) in [7, 11) is -3.56. The van der Waals surface area contributed by atoms with Crippen molar-refractivity contribution in [2.45, 2.75) is 65.5 Å². The number of hydrogen-bond acceptors (Lipinski definition) is 4. The van der Waals surface area contributed by atoms with Crippen LogP contribution in [0.15, 0.2) is 78.9 Å². The van der Waals surface area contributed by atoms with E-state index in [0.717, 1.165) is 35.1 Å². The molecule has 0 saturated carbocycles. The first-order chi connectivity index (χ1) is 19.6. The summed E-state index contributed by atoms with van der Waals surface area (Å²) in [4.78, 5) is 29.1. The second-order valence-corrected chi connectivity index (χ2v) is 12.4. The zero-order chi connectivity index (χ0) is 29.8. The summed E-state index contributed by atoms with van der Waals surface area (Å²) in [6, 6.07) is 24.2. The maximum Gasteiger partial charge on any atom is 0.243 e. The van der Waals surface area contributed by atoms with E-state index in [4.69, 9.17) is 0 Å². The Morgan fingerprint density at radius 1 is 0.854 bits per heavy atom. The number of benzene rings is 3. The molecule has 0 spiro atoms. The van der Waals surface area contributed by atoms with Crippen molar-refractivity contribution in [2.75, 3.05) is 23.7 Å². The van der Waals surface area contributed by atoms with E-state index in [1.807, 2.05) is 86.6 Å². The van der Waals surface area contributed by atoms with Crippen molar-refractivity contribution in [1.82, 2.24) is 10.2 Å². The Morgan fingerprint density at radius 3 is 2.10 bits per heavy atom. The highest BCUT2D eigenvalue weighted by Gasteiger charge is 2.30. The molecule has 0 aliphatic heterocycles. The van der Waals surface area contributed by atoms with Crippen LogP contribution in [0.1, 0.15) is 54.9 Å². The van der Waals surface area contributed by atoms with Crippen molar-refractivity contribution in [2.24, 2.45) is 0 Å². The van der Waals surface area contributed by atoms with Gasteiger partial charge in [0.05, 0.1) is 11.9 Å². The third kappa shape index (κ3) is 9.46. The molecule has 3 aromatic carbocycles. The quantitative estimate of drug-likeness (QED) is 0.245. The Kier molecular flexibility index (Phi) is 12.0. The molecule has 0 bridgehead atoms. The number of sulfonamides is 1. The van der Waals surface area contributed by atoms with Gasteiger partial charge in [-0.25, -0.2) is 8.42 Å². The number of nitrogens with zero attached hydrogens (tertiary/aromatic N) is 2. The van der Waals surface area contributed by atoms with Crippen LogP contribution in [0.25, 0.3) is 0 Å². The van der Waals surface area contributed by atoms with E-state index in [-0.39, 0.29) is 31.3 Å². The van der Waals surface area contributed by atoms with Crippen LogP contribution in [0, 0.1) is 13.8 Å². The average Bonchev–Trinajstić information content (AvgIpc) is 2.95. The van der Waals surface area contributed by atoms with Crippen LogP contribution >= 0.6 is 0 Å². The van der Waals surface area contributed by atoms with E-state index < -0.39 is 16.1 Å². The lowest BCUT2D eigenvalue weighted by atomic mass is 10.0. The van der Waals surface area contributed by atoms with Crippen LogP contribution in [0.5, 0.6) is 0 Å². The van der Waals surface area contributed by atoms with Crippen LogP contribution in [0.2, 0.25) is 0 Å². The maximum absolute atomic E-state index is 13.9. The fourth-order valence-corrected chi connectivity index (χ4v) is 5.84. The first kappa shape index (κ1) is 31.9. The Morgan fingerprint density at radius 2 is 1.49 bits per heavy atom. The number of anilines is 1. The molecule has 0 aliphatic carbocycles. The zero-order valence-electron chi connectivity index (χ0n) is 24.7. The Hall–Kier alpha value is -3.65. The first-order valence-electron chi connectivity index (χ1n) is 14.3. The number of unbranched alkanes of at least 4 members (excludes halogenated alkanes) is 1. The lowest BCUT2D eigenvalue weighted by molar-refractivity contribution is -0.141. The first-order valence-corrected chi connectivity index (χ1v) is 16.2. The van der Waals surface area contributed by atoms with Crippen LogP contribution < -0.4 is 9.62 Å². The van der Waals surface area contributed by atoms with Gasteiger partial charge < -0.3 is 10.2 Å². The van der Waals surface area contributed by atoms with Gasteiger partial charge in [0.25, 0.3) is 0 Å². The van der Waals surface area contributed by atoms with Crippen molar-refractivity contribution >= 4 is 27.5 Å². The van der Waals surface area contributed by atoms with Gasteiger partial charge in [-0.3, -0.25) is 13.9 Å². The Labute approximate surface area is 245 Å². The minimum Gasteiger partial charge on any atom is -0.354 e. The molecule has 0 aromatic heterocycles. The minimum absolute atomic E-state index is 0.108. The predicted molar refractivity (Wildman–Crippen MR) is 166 cm³/mol. The molecule has 3 aromatic rings. The van der Waals surface area contributed by atoms with E-state index in [9.17, 15) is 18.0 Å². The fraction of sp³-hybridized carbons (Fsp3) is 0.394. The number of hydrogen-bond donors (Lipinski definition) is 1. The standard InChI is InChI=1S/C33H43N3O4S/c1-5-6-22-34-33(38)31(24-28-16-9-7-10-17-28)35(25-29-18-11-8-12-19-29)32(37)21-14-23-36(41(4,39)40)30-20-13-15-26(2)27(30)3/h7-13,15-20,31H,5-6,14,21-25H2,1-4H3,(H,34,38). The number of carbonyl (C=O) groups excluding carboxylic acids is 2. The molecule has 220 valence electrons. The van der Waals surface area contributed by atoms with Gasteiger partial charge in [0.2, 0.25) is 21.8 Å². The van der Waals surface area contributed by atoms with Crippen molar-refractivity contribution in [1.29, 1.82) is 0 Å². The predicted octanol–water partition coefficient (Wildman–Crippen LogP) is 5.41. The minimum atomic E-state index is -3.56. The topological polar surface area (TPSA) is 86.8 Å². The molecule has 1 atom stereocenters. The lowest BCUT2D eigenvalue weighted by Gasteiger charge is -2.32. The molecule has 7 nitrogen and oxygen atoms in total. The third-order valence-electron chi connectivity index (χ3n) is 7.29. The molecule has 0 aliphatic rings. The largest absolute Gasteiger partial charge is 0.354 e. The molecule has 3 rings (SSSR count). The zero-order valence-corrected chi connectivity index (χ0v) is 25.5. The molecular formula is C33H43N3O4S. The molecule has 41 heavy (non-hydrogen) atoms. The van der Waals surface area contributed by atoms with Crippen molar-refractivity contribution < 1.29 is 18.0 Å². The van der Waals surface area contributed by atoms with Gasteiger partial charge in [-0.05, 0) is 55.0 Å². The summed E-state index contributed by atoms with van der Waals surface area (Å²) in [5.74, 6) is -0.366. The summed E-state index contributed by atoms with van der Waals surface area (Å²) >= 11 is 0. The normalized spacial score (nSPS) is 12.0. The number of aryl methyl sites for hydroxylation is 1. The summed E-state index contributed by atoms with van der Waals surface area (Å²) < 4.78 is 26.9. The third-order valence-corrected chi connectivity index (χ3v) is 8.47. The molecule has 1 unspecified atom stereocenters. The molecule has 0 fully saturated rings. The highest BCUT2D eigenvalue weighted by molar-refractivity contribution is 7.92. The number of carbonyl (C=O) groups is 2. The van der Waals surface area contributed by atoms with E-state index in [0.29, 0.717) is 25.1 Å². The highest BCUT2D eigenvalue weighted by Crippen LogP contribution is 2.26. The second-order valence-electron chi connectivity index (χ2n) is 10.5. The van der Waals surface area contributed by atoms with Crippen LogP contribution in [-0.4, -0.2) is 50.5 Å². The van der Waals surface area contributed by atoms with Gasteiger partial charge in [-0.15, -0.1) is 0 Å². The SMILES string of the molecule is CCCCNC(=O)C(Cc1ccccc1)N(Cc1ccccc1)C(=O)CCCN(c1cccc(C)c1C)S(C)(=O)=O. The Bertz CT molecular complexity index is 1380. The summed E-state index contributed by atoms with van der Waals surface area (Å²) in [5.41, 5.74) is 4.40. The number of rotatable bonds is 15. The van der Waals surface area contributed by atoms with Gasteiger partial charge in [0.15, 0.2) is 0 Å². The van der Waals surface area contributed by atoms with E-state index in [1.54, 1.807) is 11.0 Å². The summed E-state index contributed by atoms with van der Waals surface area (Å²) in [6.07, 6.45) is 3.81. The second kappa shape index (κ2) is 15.4. The van der Waals surface area contributed by atoms with E-state index in [1.165, 1.54) is 10.6 Å². The van der Waals surface area contributed by atoms with E-state index >= 15 is 0 Å². The number of amides is 2. The molecule has 0 radical (unpaired) electrons. The van der Waals surface area contributed by atoms with E-state index in [2.05, 4.69) is 12.2 Å². The van der Waals surface area contributed by atoms with Crippen molar-refractivity contribution in [3.63, 3.8) is 0 Å². The molecule has 0 saturated heterocycles. The molecule has 8 heteroatoms. The van der Waals surface area contributed by atoms with Gasteiger partial charge in [0.1, 0.15) is 6.04 Å². The highest BCUT2D eigenvalue weighted by atomic mass is 32.2. The lowest BCUT2D eigenvalue weighted by Crippen LogP contribution is -2.50. The van der Waals surface area contributed by atoms with Crippen LogP contribution in [0.4, 0.5) is 5.69 Å². The fourth-order valence-electron chi connectivity index (χ4n) is 4.83. The van der Waals surface area contributed by atoms with Crippen LogP contribution in [-0.2, 0) is 32.6 Å². The van der Waals surface area contributed by atoms with Crippen LogP contribution in [0.3, 0.4) is 0 Å². The average molecular weight is 578 g/mol. The van der Waals surface area contributed by atoms with Gasteiger partial charge in [-0.2, -0.15) is 0 Å². The maximum atomic E-state index is 13.9. The molecule has 1 N–H and O–H groups in total. The Balaban J connectivity index is 1.86.